The molecule has 0 aliphatic carbocycles. The molecule has 29 heavy (non-hydrogen) atoms. The highest BCUT2D eigenvalue weighted by Gasteiger charge is 2.22. The third kappa shape index (κ3) is 4.40. The van der Waals surface area contributed by atoms with Gasteiger partial charge in [-0.05, 0) is 30.3 Å². The summed E-state index contributed by atoms with van der Waals surface area (Å²) in [7, 11) is 0. The molecule has 2 amide bonds. The molecule has 2 aromatic rings. The van der Waals surface area contributed by atoms with Crippen LogP contribution in [0.4, 0.5) is 5.69 Å². The Kier molecular flexibility index (Phi) is 5.19. The molecule has 2 aromatic carbocycles. The van der Waals surface area contributed by atoms with Crippen LogP contribution in [0.3, 0.4) is 0 Å². The van der Waals surface area contributed by atoms with Gasteiger partial charge in [-0.15, -0.1) is 0 Å². The quantitative estimate of drug-likeness (QED) is 0.726. The minimum absolute atomic E-state index is 0.120. The van der Waals surface area contributed by atoms with Crippen molar-refractivity contribution in [2.24, 2.45) is 0 Å². The van der Waals surface area contributed by atoms with Crippen molar-refractivity contribution in [3.8, 4) is 17.2 Å². The van der Waals surface area contributed by atoms with E-state index in [1.807, 2.05) is 18.2 Å². The monoisotopic (exact) mass is 398 g/mol. The van der Waals surface area contributed by atoms with Crippen LogP contribution in [0.15, 0.2) is 42.5 Å². The summed E-state index contributed by atoms with van der Waals surface area (Å²) in [4.78, 5) is 35.4. The first-order chi connectivity index (χ1) is 14.1. The second-order valence-corrected chi connectivity index (χ2v) is 6.43. The molecular formula is C20H18N2O7. The average Bonchev–Trinajstić information content (AvgIpc) is 2.75. The molecular weight excluding hydrogens is 380 g/mol. The zero-order valence-electron chi connectivity index (χ0n) is 15.3. The largest absolute Gasteiger partial charge is 0.486 e. The van der Waals surface area contributed by atoms with Crippen molar-refractivity contribution in [2.75, 3.05) is 31.7 Å². The number of ether oxygens (including phenoxy) is 4. The Morgan fingerprint density at radius 1 is 1.10 bits per heavy atom. The Labute approximate surface area is 165 Å². The smallest absolute Gasteiger partial charge is 0.338 e. The number of anilines is 1. The van der Waals surface area contributed by atoms with Gasteiger partial charge in [0.05, 0.1) is 17.8 Å². The molecule has 2 aliphatic rings. The molecule has 0 aromatic heterocycles. The number of para-hydroxylation sites is 2. The summed E-state index contributed by atoms with van der Waals surface area (Å²) < 4.78 is 21.6. The second kappa shape index (κ2) is 8.09. The van der Waals surface area contributed by atoms with Gasteiger partial charge in [0.15, 0.2) is 24.7 Å². The van der Waals surface area contributed by atoms with E-state index in [1.165, 1.54) is 12.1 Å². The van der Waals surface area contributed by atoms with E-state index in [2.05, 4.69) is 10.6 Å². The number of hydrogen-bond acceptors (Lipinski definition) is 7. The summed E-state index contributed by atoms with van der Waals surface area (Å²) >= 11 is 0. The Hall–Kier alpha value is -3.75. The van der Waals surface area contributed by atoms with E-state index in [4.69, 9.17) is 18.9 Å². The number of benzene rings is 2. The summed E-state index contributed by atoms with van der Waals surface area (Å²) in [6.45, 7) is -0.0249. The number of rotatable bonds is 5. The lowest BCUT2D eigenvalue weighted by atomic mass is 10.1. The molecule has 0 unspecified atom stereocenters. The van der Waals surface area contributed by atoms with Crippen LogP contribution in [-0.2, 0) is 14.3 Å². The van der Waals surface area contributed by atoms with E-state index in [0.29, 0.717) is 29.5 Å². The van der Waals surface area contributed by atoms with Gasteiger partial charge in [-0.2, -0.15) is 0 Å². The number of amides is 2. The summed E-state index contributed by atoms with van der Waals surface area (Å²) in [6, 6.07) is 11.8. The minimum atomic E-state index is -0.672. The van der Waals surface area contributed by atoms with Crippen LogP contribution >= 0.6 is 0 Å². The molecule has 2 aliphatic heterocycles. The maximum Gasteiger partial charge on any atom is 0.338 e. The average molecular weight is 398 g/mol. The molecule has 9 heteroatoms. The highest BCUT2D eigenvalue weighted by molar-refractivity contribution is 5.97. The number of nitrogens with one attached hydrogen (secondary N) is 2. The minimum Gasteiger partial charge on any atom is -0.486 e. The van der Waals surface area contributed by atoms with Gasteiger partial charge in [-0.3, -0.25) is 9.59 Å². The van der Waals surface area contributed by atoms with Crippen LogP contribution in [-0.4, -0.2) is 50.3 Å². The van der Waals surface area contributed by atoms with Crippen LogP contribution < -0.4 is 24.8 Å². The first-order valence-corrected chi connectivity index (χ1v) is 8.97. The zero-order chi connectivity index (χ0) is 20.2. The molecule has 150 valence electrons. The van der Waals surface area contributed by atoms with Crippen molar-refractivity contribution in [1.82, 2.24) is 5.32 Å². The van der Waals surface area contributed by atoms with Gasteiger partial charge in [-0.1, -0.05) is 12.1 Å². The first kappa shape index (κ1) is 18.6. The topological polar surface area (TPSA) is 112 Å². The normalized spacial score (nSPS) is 16.7. The van der Waals surface area contributed by atoms with Gasteiger partial charge >= 0.3 is 5.97 Å². The molecule has 0 saturated carbocycles. The Morgan fingerprint density at radius 3 is 2.79 bits per heavy atom. The van der Waals surface area contributed by atoms with Crippen molar-refractivity contribution in [3.05, 3.63) is 48.0 Å². The van der Waals surface area contributed by atoms with Crippen molar-refractivity contribution < 1.29 is 33.3 Å². The number of carbonyl (C=O) groups is 3. The molecule has 4 rings (SSSR count). The molecule has 0 radical (unpaired) electrons. The standard InChI is InChI=1S/C20H18N2O7/c23-18(21-8-13-9-26-15-3-1-2-4-16(15)29-13)10-28-20(25)12-5-6-14-17(7-12)27-11-19(24)22-14/h1-7,13H,8-11H2,(H,21,23)(H,22,24)/t13-/m1/s1. The summed E-state index contributed by atoms with van der Waals surface area (Å²) in [6.07, 6.45) is -0.336. The third-order valence-corrected chi connectivity index (χ3v) is 4.28. The van der Waals surface area contributed by atoms with E-state index < -0.39 is 18.5 Å². The lowest BCUT2D eigenvalue weighted by molar-refractivity contribution is -0.124. The Bertz CT molecular complexity index is 960. The van der Waals surface area contributed by atoms with Crippen LogP contribution in [0.25, 0.3) is 0 Å². The number of hydrogen-bond donors (Lipinski definition) is 2. The van der Waals surface area contributed by atoms with Crippen LogP contribution in [0.1, 0.15) is 10.4 Å². The molecule has 0 bridgehead atoms. The van der Waals surface area contributed by atoms with E-state index in [-0.39, 0.29) is 30.7 Å². The van der Waals surface area contributed by atoms with E-state index in [1.54, 1.807) is 12.1 Å². The lowest BCUT2D eigenvalue weighted by Crippen LogP contribution is -2.42. The van der Waals surface area contributed by atoms with E-state index in [0.717, 1.165) is 0 Å². The summed E-state index contributed by atoms with van der Waals surface area (Å²) in [5.74, 6) is 0.267. The van der Waals surface area contributed by atoms with Gasteiger partial charge in [0.25, 0.3) is 11.8 Å². The van der Waals surface area contributed by atoms with Crippen molar-refractivity contribution in [1.29, 1.82) is 0 Å². The van der Waals surface area contributed by atoms with Crippen molar-refractivity contribution >= 4 is 23.5 Å². The number of carbonyl (C=O) groups excluding carboxylic acids is 3. The highest BCUT2D eigenvalue weighted by Crippen LogP contribution is 2.31. The molecule has 2 N–H and O–H groups in total. The fourth-order valence-electron chi connectivity index (χ4n) is 2.86. The molecule has 1 atom stereocenters. The predicted molar refractivity (Wildman–Crippen MR) is 100 cm³/mol. The van der Waals surface area contributed by atoms with Crippen molar-refractivity contribution in [2.45, 2.75) is 6.10 Å². The fraction of sp³-hybridized carbons (Fsp3) is 0.250. The summed E-state index contributed by atoms with van der Waals surface area (Å²) in [5.41, 5.74) is 0.695. The van der Waals surface area contributed by atoms with Gasteiger partial charge in [0.2, 0.25) is 0 Å². The van der Waals surface area contributed by atoms with Gasteiger partial charge in [0.1, 0.15) is 18.5 Å². The van der Waals surface area contributed by atoms with Crippen LogP contribution in [0, 0.1) is 0 Å². The molecule has 0 spiro atoms. The second-order valence-electron chi connectivity index (χ2n) is 6.43. The van der Waals surface area contributed by atoms with Gasteiger partial charge in [0, 0.05) is 0 Å². The summed E-state index contributed by atoms with van der Waals surface area (Å²) in [5, 5.41) is 5.28. The highest BCUT2D eigenvalue weighted by atomic mass is 16.6. The molecule has 2 heterocycles. The molecule has 0 fully saturated rings. The first-order valence-electron chi connectivity index (χ1n) is 8.97. The SMILES string of the molecule is O=C(COC(=O)c1ccc2c(c1)OCC(=O)N2)NC[C@@H]1COc2ccccc2O1. The maximum atomic E-state index is 12.2. The number of fused-ring (bicyclic) bond motifs is 2. The van der Waals surface area contributed by atoms with Crippen molar-refractivity contribution in [3.63, 3.8) is 0 Å². The Morgan fingerprint density at radius 2 is 1.93 bits per heavy atom. The van der Waals surface area contributed by atoms with Crippen LogP contribution in [0.2, 0.25) is 0 Å². The fourth-order valence-corrected chi connectivity index (χ4v) is 2.86. The van der Waals surface area contributed by atoms with E-state index in [9.17, 15) is 14.4 Å². The maximum absolute atomic E-state index is 12.2. The van der Waals surface area contributed by atoms with E-state index >= 15 is 0 Å². The Balaban J connectivity index is 1.24. The molecule has 9 nitrogen and oxygen atoms in total. The lowest BCUT2D eigenvalue weighted by Gasteiger charge is -2.26. The van der Waals surface area contributed by atoms with Gasteiger partial charge in [-0.25, -0.2) is 4.79 Å². The molecule has 0 saturated heterocycles. The zero-order valence-corrected chi connectivity index (χ0v) is 15.3. The number of esters is 1. The van der Waals surface area contributed by atoms with Crippen LogP contribution in [0.5, 0.6) is 17.2 Å². The predicted octanol–water partition coefficient (Wildman–Crippen LogP) is 1.13. The van der Waals surface area contributed by atoms with Gasteiger partial charge < -0.3 is 29.6 Å². The third-order valence-electron chi connectivity index (χ3n) is 4.28.